The van der Waals surface area contributed by atoms with Gasteiger partial charge in [0, 0.05) is 35.3 Å². The number of pyridine rings is 1. The van der Waals surface area contributed by atoms with Crippen molar-refractivity contribution in [3.05, 3.63) is 65.3 Å². The van der Waals surface area contributed by atoms with E-state index in [0.29, 0.717) is 34.8 Å². The lowest BCUT2D eigenvalue weighted by Gasteiger charge is -2.39. The number of rotatable bonds is 7. The van der Waals surface area contributed by atoms with E-state index < -0.39 is 6.36 Å². The number of hydrogen-bond donors (Lipinski definition) is 0. The van der Waals surface area contributed by atoms with E-state index in [1.807, 2.05) is 6.07 Å². The van der Waals surface area contributed by atoms with Crippen LogP contribution in [-0.2, 0) is 11.3 Å². The maximum atomic E-state index is 13.0. The summed E-state index contributed by atoms with van der Waals surface area (Å²) in [4.78, 5) is 10.3. The number of para-hydroxylation sites is 1. The second-order valence-electron chi connectivity index (χ2n) is 9.88. The fourth-order valence-electron chi connectivity index (χ4n) is 5.65. The molecule has 1 aromatic carbocycles. The Morgan fingerprint density at radius 1 is 1.05 bits per heavy atom. The van der Waals surface area contributed by atoms with Crippen molar-refractivity contribution < 1.29 is 27.2 Å². The molecule has 0 spiro atoms. The molecule has 1 aliphatic carbocycles. The van der Waals surface area contributed by atoms with Crippen molar-refractivity contribution in [3.8, 4) is 17.0 Å². The topological polar surface area (TPSA) is 65.0 Å². The molecule has 7 nitrogen and oxygen atoms in total. The number of hydrogen-bond acceptors (Lipinski definition) is 6. The second-order valence-corrected chi connectivity index (χ2v) is 9.88. The summed E-state index contributed by atoms with van der Waals surface area (Å²) in [7, 11) is 0. The van der Waals surface area contributed by atoms with E-state index in [1.165, 1.54) is 12.1 Å². The molecule has 192 valence electrons. The van der Waals surface area contributed by atoms with Crippen LogP contribution in [0.3, 0.4) is 0 Å². The first-order valence-electron chi connectivity index (χ1n) is 12.5. The van der Waals surface area contributed by atoms with Gasteiger partial charge in [0.2, 0.25) is 5.69 Å². The van der Waals surface area contributed by atoms with Crippen LogP contribution >= 0.6 is 0 Å². The van der Waals surface area contributed by atoms with Crippen LogP contribution in [0.25, 0.3) is 16.1 Å². The highest BCUT2D eigenvalue weighted by molar-refractivity contribution is 5.70. The maximum Gasteiger partial charge on any atom is 0.573 e. The zero-order valence-corrected chi connectivity index (χ0v) is 19.9. The van der Waals surface area contributed by atoms with E-state index in [-0.39, 0.29) is 29.9 Å². The fraction of sp³-hybridized carbons (Fsp3) is 0.444. The van der Waals surface area contributed by atoms with E-state index >= 15 is 0 Å². The number of alkyl halides is 3. The predicted molar refractivity (Wildman–Crippen MR) is 128 cm³/mol. The van der Waals surface area contributed by atoms with Crippen molar-refractivity contribution in [2.45, 2.75) is 75.6 Å². The van der Waals surface area contributed by atoms with Gasteiger partial charge in [-0.25, -0.2) is 4.85 Å². The number of ether oxygens (including phenoxy) is 2. The van der Waals surface area contributed by atoms with Crippen LogP contribution < -0.4 is 9.64 Å². The quantitative estimate of drug-likeness (QED) is 0.327. The molecule has 2 aliphatic heterocycles. The van der Waals surface area contributed by atoms with Crippen LogP contribution in [0.2, 0.25) is 0 Å². The van der Waals surface area contributed by atoms with E-state index in [0.717, 1.165) is 44.3 Å². The third kappa shape index (κ3) is 4.88. The number of anilines is 1. The lowest BCUT2D eigenvalue weighted by Crippen LogP contribution is -2.45. The largest absolute Gasteiger partial charge is 0.573 e. The Hall–Kier alpha value is -3.58. The summed E-state index contributed by atoms with van der Waals surface area (Å²) in [6.07, 6.45) is 2.48. The van der Waals surface area contributed by atoms with Crippen LogP contribution in [0.15, 0.2) is 47.1 Å². The Balaban J connectivity index is 1.20. The third-order valence-electron chi connectivity index (χ3n) is 7.41. The van der Waals surface area contributed by atoms with Gasteiger partial charge in [0.25, 0.3) is 0 Å². The Morgan fingerprint density at radius 3 is 2.46 bits per heavy atom. The summed E-state index contributed by atoms with van der Waals surface area (Å²) in [6, 6.07) is 10.3. The highest BCUT2D eigenvalue weighted by atomic mass is 19.4. The number of nitrogens with zero attached hydrogens (tertiary/aromatic N) is 4. The summed E-state index contributed by atoms with van der Waals surface area (Å²) in [6.45, 7) is 7.35. The van der Waals surface area contributed by atoms with Gasteiger partial charge < -0.3 is 18.9 Å². The molecule has 3 aromatic rings. The van der Waals surface area contributed by atoms with Gasteiger partial charge in [0.1, 0.15) is 23.0 Å². The number of piperidine rings is 1. The standard InChI is InChI=1S/C27H25F3N4O3/c1-31-17-8-11-24(32-14-17)34-18-9-10-19(34)13-20(12-18)35-15-22-25(33-37-26(22)16-6-7-16)21-4-2-3-5-23(21)36-27(28,29)30/h2-5,8,11,14,16,18-20H,6-7,9-10,12-13,15H2/t18-,19+,20?. The van der Waals surface area contributed by atoms with Gasteiger partial charge in [-0.3, -0.25) is 4.98 Å². The predicted octanol–water partition coefficient (Wildman–Crippen LogP) is 6.78. The first-order valence-corrected chi connectivity index (χ1v) is 12.5. The average Bonchev–Trinajstić information content (AvgIpc) is 3.58. The van der Waals surface area contributed by atoms with E-state index in [1.54, 1.807) is 24.4 Å². The molecule has 10 heteroatoms. The molecule has 0 N–H and O–H groups in total. The van der Waals surface area contributed by atoms with Gasteiger partial charge in [-0.1, -0.05) is 23.4 Å². The Bertz CT molecular complexity index is 1300. The van der Waals surface area contributed by atoms with Crippen molar-refractivity contribution in [2.24, 2.45) is 0 Å². The normalized spacial score (nSPS) is 23.2. The van der Waals surface area contributed by atoms with Gasteiger partial charge in [-0.15, -0.1) is 13.2 Å². The monoisotopic (exact) mass is 510 g/mol. The first kappa shape index (κ1) is 23.8. The van der Waals surface area contributed by atoms with E-state index in [2.05, 4.69) is 24.6 Å². The number of fused-ring (bicyclic) bond motifs is 2. The Labute approximate surface area is 212 Å². The van der Waals surface area contributed by atoms with Crippen molar-refractivity contribution in [3.63, 3.8) is 0 Å². The van der Waals surface area contributed by atoms with Gasteiger partial charge in [0.15, 0.2) is 0 Å². The SMILES string of the molecule is [C-]#[N+]c1ccc(N2[C@@H]3CC[C@H]2CC(OCc2c(-c4ccccc4OC(F)(F)F)noc2C2CC2)C3)nc1. The molecule has 37 heavy (non-hydrogen) atoms. The molecule has 1 saturated carbocycles. The molecular weight excluding hydrogens is 485 g/mol. The molecule has 3 aliphatic rings. The number of benzene rings is 1. The molecule has 1 unspecified atom stereocenters. The lowest BCUT2D eigenvalue weighted by atomic mass is 9.99. The van der Waals surface area contributed by atoms with Gasteiger partial charge in [-0.2, -0.15) is 0 Å². The smallest absolute Gasteiger partial charge is 0.405 e. The third-order valence-corrected chi connectivity index (χ3v) is 7.41. The summed E-state index contributed by atoms with van der Waals surface area (Å²) < 4.78 is 55.4. The molecular formula is C27H25F3N4O3. The Morgan fingerprint density at radius 2 is 1.81 bits per heavy atom. The first-order chi connectivity index (χ1) is 17.9. The van der Waals surface area contributed by atoms with Crippen LogP contribution in [0, 0.1) is 6.57 Å². The zero-order valence-electron chi connectivity index (χ0n) is 19.9. The molecule has 2 saturated heterocycles. The minimum Gasteiger partial charge on any atom is -0.405 e. The van der Waals surface area contributed by atoms with Crippen LogP contribution in [-0.4, -0.2) is 34.7 Å². The van der Waals surface area contributed by atoms with E-state index in [9.17, 15) is 13.2 Å². The lowest BCUT2D eigenvalue weighted by molar-refractivity contribution is -0.274. The average molecular weight is 511 g/mol. The highest BCUT2D eigenvalue weighted by Gasteiger charge is 2.42. The molecule has 3 fully saturated rings. The number of halogens is 3. The minimum absolute atomic E-state index is 0.00716. The van der Waals surface area contributed by atoms with Crippen molar-refractivity contribution in [1.29, 1.82) is 0 Å². The van der Waals surface area contributed by atoms with Crippen LogP contribution in [0.5, 0.6) is 5.75 Å². The van der Waals surface area contributed by atoms with Crippen molar-refractivity contribution >= 4 is 11.5 Å². The van der Waals surface area contributed by atoms with Crippen molar-refractivity contribution in [1.82, 2.24) is 10.1 Å². The zero-order chi connectivity index (χ0) is 25.6. The highest BCUT2D eigenvalue weighted by Crippen LogP contribution is 2.46. The summed E-state index contributed by atoms with van der Waals surface area (Å²) in [5, 5.41) is 4.17. The summed E-state index contributed by atoms with van der Waals surface area (Å²) in [5.41, 5.74) is 1.79. The minimum atomic E-state index is -4.81. The molecule has 6 rings (SSSR count). The van der Waals surface area contributed by atoms with Crippen LogP contribution in [0.4, 0.5) is 24.7 Å². The molecule has 0 amide bonds. The van der Waals surface area contributed by atoms with E-state index in [4.69, 9.17) is 15.8 Å². The van der Waals surface area contributed by atoms with Gasteiger partial charge >= 0.3 is 6.36 Å². The molecule has 4 heterocycles. The fourth-order valence-corrected chi connectivity index (χ4v) is 5.65. The second kappa shape index (κ2) is 9.38. The Kier molecular flexibility index (Phi) is 6.03. The number of aromatic nitrogens is 2. The molecule has 3 atom stereocenters. The maximum absolute atomic E-state index is 13.0. The molecule has 0 radical (unpaired) electrons. The van der Waals surface area contributed by atoms with Gasteiger partial charge in [0.05, 0.1) is 19.3 Å². The molecule has 2 bridgehead atoms. The van der Waals surface area contributed by atoms with Crippen LogP contribution in [0.1, 0.15) is 55.8 Å². The van der Waals surface area contributed by atoms with Crippen molar-refractivity contribution in [2.75, 3.05) is 4.90 Å². The summed E-state index contributed by atoms with van der Waals surface area (Å²) >= 11 is 0. The molecule has 2 aromatic heterocycles. The summed E-state index contributed by atoms with van der Waals surface area (Å²) in [5.74, 6) is 1.49. The van der Waals surface area contributed by atoms with Gasteiger partial charge in [-0.05, 0) is 56.7 Å².